The lowest BCUT2D eigenvalue weighted by atomic mass is 10.2. The minimum Gasteiger partial charge on any atom is -0.364 e. The number of nitrogens with two attached hydrogens (primary N) is 1. The summed E-state index contributed by atoms with van der Waals surface area (Å²) in [6, 6.07) is 3.76. The van der Waals surface area contributed by atoms with Gasteiger partial charge < -0.3 is 4.74 Å². The van der Waals surface area contributed by atoms with Crippen molar-refractivity contribution in [2.24, 2.45) is 5.84 Å². The Kier molecular flexibility index (Phi) is 4.73. The van der Waals surface area contributed by atoms with Crippen molar-refractivity contribution in [3.63, 3.8) is 0 Å². The van der Waals surface area contributed by atoms with Gasteiger partial charge in [0.2, 0.25) is 0 Å². The summed E-state index contributed by atoms with van der Waals surface area (Å²) in [6.45, 7) is 0. The minimum absolute atomic E-state index is 0.0829. The Morgan fingerprint density at radius 3 is 2.89 bits per heavy atom. The molecule has 1 aliphatic rings. The van der Waals surface area contributed by atoms with Crippen LogP contribution in [0.25, 0.3) is 0 Å². The van der Waals surface area contributed by atoms with E-state index >= 15 is 0 Å². The fourth-order valence-corrected chi connectivity index (χ4v) is 2.84. The molecular formula is C12H14F2N2O2S. The van der Waals surface area contributed by atoms with Gasteiger partial charge in [0, 0.05) is 10.6 Å². The molecule has 19 heavy (non-hydrogen) atoms. The van der Waals surface area contributed by atoms with E-state index in [0.29, 0.717) is 17.1 Å². The van der Waals surface area contributed by atoms with Gasteiger partial charge in [0.1, 0.15) is 6.10 Å². The maximum atomic E-state index is 13.0. The molecule has 1 saturated heterocycles. The fraction of sp³-hybridized carbons (Fsp3) is 0.417. The average molecular weight is 288 g/mol. The number of carbonyl (C=O) groups is 1. The molecule has 1 heterocycles. The van der Waals surface area contributed by atoms with Crippen molar-refractivity contribution in [1.82, 2.24) is 5.43 Å². The molecule has 1 aromatic carbocycles. The number of amides is 1. The fourth-order valence-electron chi connectivity index (χ4n) is 1.87. The first kappa shape index (κ1) is 14.2. The maximum Gasteiger partial charge on any atom is 0.263 e. The van der Waals surface area contributed by atoms with Crippen molar-refractivity contribution in [2.75, 3.05) is 5.75 Å². The molecule has 7 heteroatoms. The van der Waals surface area contributed by atoms with Gasteiger partial charge in [0.15, 0.2) is 11.6 Å². The zero-order chi connectivity index (χ0) is 13.8. The summed E-state index contributed by atoms with van der Waals surface area (Å²) in [7, 11) is 0. The number of rotatable bonds is 4. The van der Waals surface area contributed by atoms with Crippen LogP contribution in [0.2, 0.25) is 0 Å². The second-order valence-electron chi connectivity index (χ2n) is 4.22. The van der Waals surface area contributed by atoms with E-state index in [1.54, 1.807) is 0 Å². The van der Waals surface area contributed by atoms with Crippen LogP contribution in [-0.4, -0.2) is 23.9 Å². The average Bonchev–Trinajstić information content (AvgIpc) is 2.88. The maximum absolute atomic E-state index is 13.0. The van der Waals surface area contributed by atoms with Crippen LogP contribution in [0.3, 0.4) is 0 Å². The number of hydrazine groups is 1. The van der Waals surface area contributed by atoms with Gasteiger partial charge in [0.05, 0.1) is 6.10 Å². The highest BCUT2D eigenvalue weighted by Gasteiger charge is 2.30. The highest BCUT2D eigenvalue weighted by atomic mass is 32.2. The van der Waals surface area contributed by atoms with Crippen LogP contribution in [0, 0.1) is 11.6 Å². The first-order chi connectivity index (χ1) is 9.10. The Labute approximate surface area is 113 Å². The molecule has 1 fully saturated rings. The van der Waals surface area contributed by atoms with Gasteiger partial charge in [-0.1, -0.05) is 0 Å². The van der Waals surface area contributed by atoms with Crippen LogP contribution in [-0.2, 0) is 9.53 Å². The molecule has 0 saturated carbocycles. The van der Waals surface area contributed by atoms with E-state index in [0.717, 1.165) is 18.6 Å². The van der Waals surface area contributed by atoms with Crippen LogP contribution >= 0.6 is 11.8 Å². The zero-order valence-electron chi connectivity index (χ0n) is 10.1. The van der Waals surface area contributed by atoms with E-state index in [1.165, 1.54) is 17.8 Å². The number of carbonyl (C=O) groups excluding carboxylic acids is 1. The Bertz CT molecular complexity index is 473. The molecule has 0 aromatic heterocycles. The van der Waals surface area contributed by atoms with E-state index < -0.39 is 17.7 Å². The number of halogens is 2. The van der Waals surface area contributed by atoms with Crippen molar-refractivity contribution < 1.29 is 18.3 Å². The number of benzene rings is 1. The number of nitrogens with one attached hydrogen (secondary N) is 1. The summed E-state index contributed by atoms with van der Waals surface area (Å²) in [4.78, 5) is 11.9. The van der Waals surface area contributed by atoms with Crippen LogP contribution in [0.5, 0.6) is 0 Å². The highest BCUT2D eigenvalue weighted by molar-refractivity contribution is 7.99. The minimum atomic E-state index is -0.863. The molecule has 2 rings (SSSR count). The van der Waals surface area contributed by atoms with Crippen LogP contribution in [0.1, 0.15) is 12.8 Å². The number of thioether (sulfide) groups is 1. The van der Waals surface area contributed by atoms with Crippen molar-refractivity contribution >= 4 is 17.7 Å². The number of hydrogen-bond acceptors (Lipinski definition) is 4. The summed E-state index contributed by atoms with van der Waals surface area (Å²) in [5, 5.41) is 0. The molecule has 0 bridgehead atoms. The first-order valence-electron chi connectivity index (χ1n) is 5.84. The second-order valence-corrected chi connectivity index (χ2v) is 5.31. The van der Waals surface area contributed by atoms with E-state index in [2.05, 4.69) is 5.43 Å². The predicted octanol–water partition coefficient (Wildman–Crippen LogP) is 1.59. The van der Waals surface area contributed by atoms with Gasteiger partial charge in [0.25, 0.3) is 5.91 Å². The summed E-state index contributed by atoms with van der Waals surface area (Å²) < 4.78 is 31.3. The molecule has 3 N–H and O–H groups in total. The summed E-state index contributed by atoms with van der Waals surface area (Å²) in [5.74, 6) is 3.56. The Morgan fingerprint density at radius 1 is 1.42 bits per heavy atom. The monoisotopic (exact) mass is 288 g/mol. The Balaban J connectivity index is 1.83. The molecule has 2 unspecified atom stereocenters. The highest BCUT2D eigenvalue weighted by Crippen LogP contribution is 2.27. The van der Waals surface area contributed by atoms with E-state index in [4.69, 9.17) is 10.6 Å². The van der Waals surface area contributed by atoms with Crippen LogP contribution in [0.15, 0.2) is 23.1 Å². The summed E-state index contributed by atoms with van der Waals surface area (Å²) >= 11 is 1.37. The lowest BCUT2D eigenvalue weighted by Crippen LogP contribution is -2.39. The van der Waals surface area contributed by atoms with Crippen molar-refractivity contribution in [2.45, 2.75) is 29.9 Å². The van der Waals surface area contributed by atoms with Gasteiger partial charge in [-0.05, 0) is 31.0 Å². The van der Waals surface area contributed by atoms with Crippen molar-refractivity contribution in [1.29, 1.82) is 0 Å². The normalized spacial score (nSPS) is 22.5. The lowest BCUT2D eigenvalue weighted by molar-refractivity contribution is -0.131. The Morgan fingerprint density at radius 2 is 2.21 bits per heavy atom. The quantitative estimate of drug-likeness (QED) is 0.382. The molecule has 2 atom stereocenters. The molecular weight excluding hydrogens is 274 g/mol. The number of ether oxygens (including phenoxy) is 1. The summed E-state index contributed by atoms with van der Waals surface area (Å²) in [6.07, 6.45) is 0.766. The van der Waals surface area contributed by atoms with Crippen molar-refractivity contribution in [3.8, 4) is 0 Å². The van der Waals surface area contributed by atoms with Crippen LogP contribution in [0.4, 0.5) is 8.78 Å². The van der Waals surface area contributed by atoms with Crippen molar-refractivity contribution in [3.05, 3.63) is 29.8 Å². The molecule has 4 nitrogen and oxygen atoms in total. The molecule has 0 aliphatic carbocycles. The van der Waals surface area contributed by atoms with Gasteiger partial charge in [-0.2, -0.15) is 0 Å². The SMILES string of the molecule is NNC(=O)C1CCC(CSc2ccc(F)c(F)c2)O1. The van der Waals surface area contributed by atoms with Gasteiger partial charge in [-0.3, -0.25) is 10.2 Å². The first-order valence-corrected chi connectivity index (χ1v) is 6.82. The third-order valence-corrected chi connectivity index (χ3v) is 3.99. The van der Waals surface area contributed by atoms with E-state index in [-0.39, 0.29) is 12.0 Å². The number of hydrogen-bond donors (Lipinski definition) is 2. The van der Waals surface area contributed by atoms with Gasteiger partial charge in [-0.15, -0.1) is 11.8 Å². The second kappa shape index (κ2) is 6.31. The molecule has 0 spiro atoms. The molecule has 1 aliphatic heterocycles. The standard InChI is InChI=1S/C12H14F2N2O2S/c13-9-3-2-8(5-10(9)14)19-6-7-1-4-11(18-7)12(17)16-15/h2-3,5,7,11H,1,4,6,15H2,(H,16,17). The molecule has 0 radical (unpaired) electrons. The Hall–Kier alpha value is -1.18. The molecule has 1 amide bonds. The largest absolute Gasteiger partial charge is 0.364 e. The molecule has 104 valence electrons. The van der Waals surface area contributed by atoms with E-state index in [1.807, 2.05) is 0 Å². The van der Waals surface area contributed by atoms with Gasteiger partial charge >= 0.3 is 0 Å². The summed E-state index contributed by atoms with van der Waals surface area (Å²) in [5.41, 5.74) is 2.05. The topological polar surface area (TPSA) is 64.3 Å². The van der Waals surface area contributed by atoms with E-state index in [9.17, 15) is 13.6 Å². The smallest absolute Gasteiger partial charge is 0.263 e. The third kappa shape index (κ3) is 3.65. The lowest BCUT2D eigenvalue weighted by Gasteiger charge is -2.12. The van der Waals surface area contributed by atoms with Crippen LogP contribution < -0.4 is 11.3 Å². The van der Waals surface area contributed by atoms with Gasteiger partial charge in [-0.25, -0.2) is 14.6 Å². The molecule has 1 aromatic rings. The predicted molar refractivity (Wildman–Crippen MR) is 67.3 cm³/mol. The zero-order valence-corrected chi connectivity index (χ0v) is 10.9. The third-order valence-electron chi connectivity index (χ3n) is 2.87.